The van der Waals surface area contributed by atoms with E-state index in [1.807, 2.05) is 0 Å². The third kappa shape index (κ3) is 9.14. The monoisotopic (exact) mass is 785 g/mol. The summed E-state index contributed by atoms with van der Waals surface area (Å²) in [6.07, 6.45) is 0. The first-order chi connectivity index (χ1) is 21.0. The fraction of sp³-hybridized carbons (Fsp3) is 0.158. The van der Waals surface area contributed by atoms with Gasteiger partial charge in [-0.1, -0.05) is 0 Å². The zero-order valence-electron chi connectivity index (χ0n) is 22.4. The minimum atomic E-state index is -5.64. The number of phenolic OH excluding ortho intramolecular Hbond substituents is 1. The van der Waals surface area contributed by atoms with Gasteiger partial charge in [-0.05, 0) is 30.3 Å². The highest BCUT2D eigenvalue weighted by Gasteiger charge is 2.31. The molecule has 47 heavy (non-hydrogen) atoms. The van der Waals surface area contributed by atoms with Crippen molar-refractivity contribution >= 4 is 88.5 Å². The molecule has 3 rings (SSSR count). The minimum absolute atomic E-state index is 0.0636. The molecule has 0 amide bonds. The first kappa shape index (κ1) is 38.0. The number of anilines is 1. The lowest BCUT2D eigenvalue weighted by molar-refractivity contribution is 0.283. The topological polar surface area (TPSA) is 386 Å². The van der Waals surface area contributed by atoms with Crippen LogP contribution in [0.1, 0.15) is 5.56 Å². The highest BCUT2D eigenvalue weighted by Crippen LogP contribution is 2.43. The Bertz CT molecular complexity index is 2510. The summed E-state index contributed by atoms with van der Waals surface area (Å²) in [6, 6.07) is 2.56. The maximum absolute atomic E-state index is 12.9. The number of phenols is 1. The number of hydrogen-bond donors (Lipinski definition) is 7. The predicted molar refractivity (Wildman–Crippen MR) is 155 cm³/mol. The molecule has 0 radical (unpaired) electrons. The Labute approximate surface area is 265 Å². The summed E-state index contributed by atoms with van der Waals surface area (Å²) in [5.41, 5.74) is 2.50. The molecule has 0 aromatic heterocycles. The van der Waals surface area contributed by atoms with Crippen molar-refractivity contribution in [3.05, 3.63) is 35.9 Å². The molecule has 0 saturated carbocycles. The molecule has 0 unspecified atom stereocenters. The molecule has 28 heteroatoms. The molecule has 0 aliphatic carbocycles. The van der Waals surface area contributed by atoms with Crippen LogP contribution in [0.2, 0.25) is 0 Å². The van der Waals surface area contributed by atoms with Crippen LogP contribution >= 0.6 is 0 Å². The second-order valence-electron chi connectivity index (χ2n) is 8.99. The molecule has 3 aromatic rings. The van der Waals surface area contributed by atoms with E-state index in [4.69, 9.17) is 10.3 Å². The summed E-state index contributed by atoms with van der Waals surface area (Å²) in [7, 11) is -31.9. The van der Waals surface area contributed by atoms with Gasteiger partial charge in [0.05, 0.1) is 22.9 Å². The normalized spacial score (nSPS) is 13.8. The zero-order valence-corrected chi connectivity index (χ0v) is 27.3. The second kappa shape index (κ2) is 12.6. The summed E-state index contributed by atoms with van der Waals surface area (Å²) in [6.45, 7) is -1.32. The average Bonchev–Trinajstić information content (AvgIpc) is 2.85. The highest BCUT2D eigenvalue weighted by atomic mass is 32.3. The second-order valence-corrected chi connectivity index (χ2v) is 17.8. The summed E-state index contributed by atoms with van der Waals surface area (Å²) < 4.78 is 193. The number of hydrogen-bond acceptors (Lipinski definition) is 17. The number of aromatic hydroxyl groups is 1. The van der Waals surface area contributed by atoms with E-state index in [0.29, 0.717) is 6.07 Å². The van der Waals surface area contributed by atoms with E-state index in [1.165, 1.54) is 0 Å². The van der Waals surface area contributed by atoms with Crippen LogP contribution in [-0.2, 0) is 70.6 Å². The Morgan fingerprint density at radius 3 is 1.70 bits per heavy atom. The van der Waals surface area contributed by atoms with Gasteiger partial charge in [-0.3, -0.25) is 22.8 Å². The number of rotatable bonds is 12. The third-order valence-corrected chi connectivity index (χ3v) is 11.4. The lowest BCUT2D eigenvalue weighted by Gasteiger charge is -2.14. The van der Waals surface area contributed by atoms with Gasteiger partial charge in [0.2, 0.25) is 0 Å². The molecule has 0 spiro atoms. The number of nitrogen functional groups attached to an aromatic ring is 1. The molecule has 0 saturated heterocycles. The van der Waals surface area contributed by atoms with Gasteiger partial charge in [0.15, 0.2) is 9.84 Å². The van der Waals surface area contributed by atoms with E-state index in [9.17, 15) is 73.8 Å². The Hall–Kier alpha value is -3.42. The van der Waals surface area contributed by atoms with Crippen LogP contribution < -0.4 is 5.73 Å². The summed E-state index contributed by atoms with van der Waals surface area (Å²) >= 11 is 0. The van der Waals surface area contributed by atoms with Crippen molar-refractivity contribution < 1.29 is 82.6 Å². The van der Waals surface area contributed by atoms with Gasteiger partial charge < -0.3 is 10.8 Å². The van der Waals surface area contributed by atoms with E-state index in [2.05, 4.69) is 14.4 Å². The van der Waals surface area contributed by atoms with Gasteiger partial charge in [0.25, 0.3) is 40.5 Å². The molecule has 0 fully saturated rings. The van der Waals surface area contributed by atoms with Crippen molar-refractivity contribution in [3.8, 4) is 5.75 Å². The fourth-order valence-corrected chi connectivity index (χ4v) is 8.92. The van der Waals surface area contributed by atoms with Crippen LogP contribution in [0.5, 0.6) is 5.75 Å². The summed E-state index contributed by atoms with van der Waals surface area (Å²) in [5, 5.41) is 16.7. The predicted octanol–water partition coefficient (Wildman–Crippen LogP) is 0.264. The maximum atomic E-state index is 12.9. The van der Waals surface area contributed by atoms with Crippen LogP contribution in [0.4, 0.5) is 17.1 Å². The van der Waals surface area contributed by atoms with Crippen LogP contribution in [0.3, 0.4) is 0 Å². The van der Waals surface area contributed by atoms with Crippen LogP contribution in [0, 0.1) is 0 Å². The number of nitrogens with zero attached hydrogens (tertiary/aromatic N) is 2. The molecule has 8 N–H and O–H groups in total. The number of azo groups is 1. The standard InChI is InChI=1S/C19H19N3O19S6/c20-12-2-1-9-10(5-14(44(29,30)31)11(19(9)23)8-43(26,27)28)18(12)22-21-13-6-16(42(24,25)4-3-41-47(38,39)40)17(46(35,36)37)7-15(13)45(32,33)34/h1-2,5-7,23H,3-4,8,20H2,(H,26,27,28)(H,29,30,31)(H,32,33,34)(H,35,36,37)(H,38,39,40). The zero-order chi connectivity index (χ0) is 36.1. The van der Waals surface area contributed by atoms with Gasteiger partial charge in [0.1, 0.15) is 37.6 Å². The van der Waals surface area contributed by atoms with Crippen LogP contribution in [0.15, 0.2) is 60.1 Å². The van der Waals surface area contributed by atoms with Crippen molar-refractivity contribution in [3.63, 3.8) is 0 Å². The third-order valence-electron chi connectivity index (χ3n) is 5.72. The molecule has 3 aromatic carbocycles. The lowest BCUT2D eigenvalue weighted by atomic mass is 10.0. The van der Waals surface area contributed by atoms with E-state index in [1.54, 1.807) is 0 Å². The van der Waals surface area contributed by atoms with E-state index < -0.39 is 138 Å². The number of sulfone groups is 1. The lowest BCUT2D eigenvalue weighted by Crippen LogP contribution is -2.18. The van der Waals surface area contributed by atoms with Crippen LogP contribution in [0.25, 0.3) is 10.8 Å². The molecular weight excluding hydrogens is 767 g/mol. The molecule has 22 nitrogen and oxygen atoms in total. The van der Waals surface area contributed by atoms with Crippen molar-refractivity contribution in [1.82, 2.24) is 0 Å². The first-order valence-corrected chi connectivity index (χ1v) is 20.4. The highest BCUT2D eigenvalue weighted by molar-refractivity contribution is 7.93. The van der Waals surface area contributed by atoms with E-state index in [-0.39, 0.29) is 12.1 Å². The fourth-order valence-electron chi connectivity index (χ4n) is 3.86. The van der Waals surface area contributed by atoms with Crippen LogP contribution in [-0.4, -0.2) is 90.7 Å². The molecule has 0 atom stereocenters. The van der Waals surface area contributed by atoms with Gasteiger partial charge in [-0.25, -0.2) is 12.6 Å². The largest absolute Gasteiger partial charge is 0.507 e. The minimum Gasteiger partial charge on any atom is -0.507 e. The van der Waals surface area contributed by atoms with Gasteiger partial charge >= 0.3 is 10.4 Å². The molecule has 0 bridgehead atoms. The average molecular weight is 786 g/mol. The maximum Gasteiger partial charge on any atom is 0.397 e. The van der Waals surface area contributed by atoms with E-state index >= 15 is 0 Å². The smallest absolute Gasteiger partial charge is 0.397 e. The number of benzene rings is 3. The Kier molecular flexibility index (Phi) is 10.2. The number of nitrogens with two attached hydrogens (primary N) is 1. The Morgan fingerprint density at radius 2 is 1.21 bits per heavy atom. The summed E-state index contributed by atoms with van der Waals surface area (Å²) in [4.78, 5) is -5.89. The molecule has 260 valence electrons. The van der Waals surface area contributed by atoms with E-state index in [0.717, 1.165) is 12.1 Å². The molecule has 0 aliphatic rings. The van der Waals surface area contributed by atoms with Crippen molar-refractivity contribution in [2.75, 3.05) is 18.1 Å². The molecular formula is C19H19N3O19S6. The SMILES string of the molecule is Nc1ccc2c(O)c(CS(=O)(=O)O)c(S(=O)(=O)O)cc2c1N=Nc1cc(S(=O)(=O)CCOS(=O)(=O)O)c(S(=O)(=O)O)cc1S(=O)(=O)O. The van der Waals surface area contributed by atoms with Crippen molar-refractivity contribution in [2.24, 2.45) is 10.2 Å². The number of fused-ring (bicyclic) bond motifs is 1. The Morgan fingerprint density at radius 1 is 0.660 bits per heavy atom. The molecule has 0 heterocycles. The van der Waals surface area contributed by atoms with Crippen molar-refractivity contribution in [2.45, 2.75) is 25.3 Å². The first-order valence-electron chi connectivity index (χ1n) is 11.4. The van der Waals surface area contributed by atoms with Gasteiger partial charge in [-0.2, -0.15) is 42.1 Å². The van der Waals surface area contributed by atoms with Gasteiger partial charge in [-0.15, -0.1) is 10.2 Å². The molecule has 0 aliphatic heterocycles. The summed E-state index contributed by atoms with van der Waals surface area (Å²) in [5.74, 6) is -4.08. The van der Waals surface area contributed by atoms with Gasteiger partial charge in [0, 0.05) is 16.3 Å². The van der Waals surface area contributed by atoms with Crippen molar-refractivity contribution in [1.29, 1.82) is 0 Å². The Balaban J connectivity index is 2.41. The quantitative estimate of drug-likeness (QED) is 0.0735.